The molecule has 0 saturated heterocycles. The number of carbonyl (C=O) groups is 3. The van der Waals surface area contributed by atoms with E-state index < -0.39 is 17.6 Å². The molecule has 0 unspecified atom stereocenters. The summed E-state index contributed by atoms with van der Waals surface area (Å²) in [5.74, 6) is -2.12. The maximum Gasteiger partial charge on any atom is 0.301 e. The Bertz CT molecular complexity index is 958. The highest BCUT2D eigenvalue weighted by Gasteiger charge is 2.40. The van der Waals surface area contributed by atoms with Crippen LogP contribution in [-0.4, -0.2) is 22.8 Å². The first-order valence-electron chi connectivity index (χ1n) is 8.07. The van der Waals surface area contributed by atoms with E-state index in [1.54, 1.807) is 37.3 Å². The molecule has 26 heavy (non-hydrogen) atoms. The highest BCUT2D eigenvalue weighted by molar-refractivity contribution is 6.45. The number of hydrogen-bond donors (Lipinski definition) is 2. The zero-order valence-electron chi connectivity index (χ0n) is 14.7. The molecule has 0 saturated carbocycles. The van der Waals surface area contributed by atoms with Crippen LogP contribution in [0.2, 0.25) is 0 Å². The lowest BCUT2D eigenvalue weighted by molar-refractivity contribution is -0.121. The number of aliphatic hydroxyl groups is 1. The number of imide groups is 1. The fourth-order valence-corrected chi connectivity index (χ4v) is 2.88. The summed E-state index contributed by atoms with van der Waals surface area (Å²) in [4.78, 5) is 37.5. The van der Waals surface area contributed by atoms with E-state index >= 15 is 0 Å². The molecule has 0 bridgehead atoms. The van der Waals surface area contributed by atoms with Crippen molar-refractivity contribution >= 4 is 34.7 Å². The number of amides is 3. The van der Waals surface area contributed by atoms with Crippen molar-refractivity contribution in [1.82, 2.24) is 0 Å². The molecule has 1 aliphatic heterocycles. The number of nitrogens with zero attached hydrogens (tertiary/aromatic N) is 1. The van der Waals surface area contributed by atoms with Gasteiger partial charge in [0.2, 0.25) is 5.91 Å². The Morgan fingerprint density at radius 3 is 2.27 bits per heavy atom. The van der Waals surface area contributed by atoms with Gasteiger partial charge in [0.1, 0.15) is 0 Å². The molecule has 2 N–H and O–H groups in total. The van der Waals surface area contributed by atoms with Crippen molar-refractivity contribution in [1.29, 1.82) is 0 Å². The number of rotatable bonds is 3. The number of aliphatic hydroxyl groups excluding tert-OH is 1. The first-order chi connectivity index (χ1) is 12.3. The maximum atomic E-state index is 12.9. The van der Waals surface area contributed by atoms with Crippen LogP contribution >= 0.6 is 0 Å². The highest BCUT2D eigenvalue weighted by atomic mass is 16.3. The van der Waals surface area contributed by atoms with E-state index in [1.165, 1.54) is 6.92 Å². The van der Waals surface area contributed by atoms with Gasteiger partial charge in [0.15, 0.2) is 5.76 Å². The van der Waals surface area contributed by atoms with E-state index in [0.717, 1.165) is 16.0 Å². The second-order valence-electron chi connectivity index (χ2n) is 6.22. The third kappa shape index (κ3) is 2.97. The summed E-state index contributed by atoms with van der Waals surface area (Å²) in [5, 5.41) is 12.9. The second kappa shape index (κ2) is 6.48. The van der Waals surface area contributed by atoms with Gasteiger partial charge < -0.3 is 10.4 Å². The summed E-state index contributed by atoms with van der Waals surface area (Å²) in [7, 11) is 0. The smallest absolute Gasteiger partial charge is 0.301 e. The van der Waals surface area contributed by atoms with Gasteiger partial charge in [-0.1, -0.05) is 24.3 Å². The lowest BCUT2D eigenvalue weighted by atomic mass is 10.0. The normalized spacial score (nSPS) is 14.2. The van der Waals surface area contributed by atoms with Gasteiger partial charge >= 0.3 is 5.91 Å². The summed E-state index contributed by atoms with van der Waals surface area (Å²) >= 11 is 0. The molecule has 0 atom stereocenters. The molecule has 0 spiro atoms. The Balaban J connectivity index is 1.99. The van der Waals surface area contributed by atoms with E-state index in [-0.39, 0.29) is 11.5 Å². The monoisotopic (exact) mass is 350 g/mol. The SMILES string of the molecule is CC(=O)Nc1ccc(C2=C(O)C(=O)N(c3cc(C)ccc3C)C2=O)cc1. The van der Waals surface area contributed by atoms with E-state index in [2.05, 4.69) is 5.32 Å². The first-order valence-corrected chi connectivity index (χ1v) is 8.07. The molecule has 2 aromatic rings. The van der Waals surface area contributed by atoms with Crippen LogP contribution in [0.5, 0.6) is 0 Å². The molecule has 3 amide bonds. The number of anilines is 2. The van der Waals surface area contributed by atoms with Crippen molar-refractivity contribution in [2.75, 3.05) is 10.2 Å². The number of hydrogen-bond acceptors (Lipinski definition) is 4. The van der Waals surface area contributed by atoms with Gasteiger partial charge in [-0.05, 0) is 48.7 Å². The van der Waals surface area contributed by atoms with E-state index in [9.17, 15) is 19.5 Å². The van der Waals surface area contributed by atoms with Gasteiger partial charge in [-0.15, -0.1) is 0 Å². The molecular weight excluding hydrogens is 332 g/mol. The van der Waals surface area contributed by atoms with Crippen molar-refractivity contribution in [3.8, 4) is 0 Å². The quantitative estimate of drug-likeness (QED) is 0.833. The highest BCUT2D eigenvalue weighted by Crippen LogP contribution is 2.34. The zero-order chi connectivity index (χ0) is 19.0. The molecular formula is C20H18N2O4. The molecule has 1 heterocycles. The molecule has 0 fully saturated rings. The third-order valence-corrected chi connectivity index (χ3v) is 4.16. The van der Waals surface area contributed by atoms with Crippen LogP contribution in [0, 0.1) is 13.8 Å². The molecule has 0 aliphatic carbocycles. The van der Waals surface area contributed by atoms with E-state index in [4.69, 9.17) is 0 Å². The second-order valence-corrected chi connectivity index (χ2v) is 6.22. The van der Waals surface area contributed by atoms with Crippen LogP contribution in [-0.2, 0) is 14.4 Å². The average molecular weight is 350 g/mol. The molecule has 132 valence electrons. The van der Waals surface area contributed by atoms with Crippen LogP contribution in [0.15, 0.2) is 48.2 Å². The van der Waals surface area contributed by atoms with Gasteiger partial charge in [0, 0.05) is 12.6 Å². The van der Waals surface area contributed by atoms with Gasteiger partial charge in [-0.25, -0.2) is 4.90 Å². The molecule has 6 nitrogen and oxygen atoms in total. The Morgan fingerprint density at radius 2 is 1.65 bits per heavy atom. The van der Waals surface area contributed by atoms with Crippen molar-refractivity contribution in [3.05, 3.63) is 64.9 Å². The molecule has 3 rings (SSSR count). The van der Waals surface area contributed by atoms with Gasteiger partial charge in [0.25, 0.3) is 5.91 Å². The molecule has 6 heteroatoms. The standard InChI is InChI=1S/C20H18N2O4/c1-11-4-5-12(2)16(10-11)22-19(25)17(18(24)20(22)26)14-6-8-15(9-7-14)21-13(3)23/h4-10,24H,1-3H3,(H,21,23). The van der Waals surface area contributed by atoms with Crippen molar-refractivity contribution < 1.29 is 19.5 Å². The van der Waals surface area contributed by atoms with Crippen LogP contribution in [0.25, 0.3) is 5.57 Å². The minimum atomic E-state index is -0.746. The van der Waals surface area contributed by atoms with Crippen molar-refractivity contribution in [3.63, 3.8) is 0 Å². The fourth-order valence-electron chi connectivity index (χ4n) is 2.88. The van der Waals surface area contributed by atoms with Crippen LogP contribution in [0.1, 0.15) is 23.6 Å². The third-order valence-electron chi connectivity index (χ3n) is 4.16. The first kappa shape index (κ1) is 17.4. The summed E-state index contributed by atoms with van der Waals surface area (Å²) in [6, 6.07) is 11.8. The topological polar surface area (TPSA) is 86.7 Å². The largest absolute Gasteiger partial charge is 0.502 e. The van der Waals surface area contributed by atoms with Crippen LogP contribution < -0.4 is 10.2 Å². The predicted octanol–water partition coefficient (Wildman–Crippen LogP) is 3.10. The van der Waals surface area contributed by atoms with E-state index in [0.29, 0.717) is 16.9 Å². The Labute approximate surface area is 150 Å². The van der Waals surface area contributed by atoms with Crippen LogP contribution in [0.3, 0.4) is 0 Å². The molecule has 1 aliphatic rings. The summed E-state index contributed by atoms with van der Waals surface area (Å²) in [5.41, 5.74) is 3.03. The van der Waals surface area contributed by atoms with E-state index in [1.807, 2.05) is 19.1 Å². The van der Waals surface area contributed by atoms with Crippen molar-refractivity contribution in [2.24, 2.45) is 0 Å². The fraction of sp³-hybridized carbons (Fsp3) is 0.150. The summed E-state index contributed by atoms with van der Waals surface area (Å²) in [6.45, 7) is 5.05. The van der Waals surface area contributed by atoms with Crippen LogP contribution in [0.4, 0.5) is 11.4 Å². The van der Waals surface area contributed by atoms with Gasteiger partial charge in [-0.2, -0.15) is 0 Å². The summed E-state index contributed by atoms with van der Waals surface area (Å²) < 4.78 is 0. The Morgan fingerprint density at radius 1 is 1.00 bits per heavy atom. The minimum absolute atomic E-state index is 0.0507. The lowest BCUT2D eigenvalue weighted by Gasteiger charge is -2.17. The number of carbonyl (C=O) groups excluding carboxylic acids is 3. The maximum absolute atomic E-state index is 12.9. The number of aryl methyl sites for hydroxylation is 2. The molecule has 2 aromatic carbocycles. The predicted molar refractivity (Wildman–Crippen MR) is 98.7 cm³/mol. The number of benzene rings is 2. The Hall–Kier alpha value is -3.41. The molecule has 0 radical (unpaired) electrons. The number of nitrogens with one attached hydrogen (secondary N) is 1. The Kier molecular flexibility index (Phi) is 4.34. The summed E-state index contributed by atoms with van der Waals surface area (Å²) in [6.07, 6.45) is 0. The van der Waals surface area contributed by atoms with Gasteiger partial charge in [0.05, 0.1) is 11.3 Å². The van der Waals surface area contributed by atoms with Gasteiger partial charge in [-0.3, -0.25) is 14.4 Å². The minimum Gasteiger partial charge on any atom is -0.502 e. The average Bonchev–Trinajstić information content (AvgIpc) is 2.80. The lowest BCUT2D eigenvalue weighted by Crippen LogP contribution is -2.32. The zero-order valence-corrected chi connectivity index (χ0v) is 14.7. The molecule has 0 aromatic heterocycles. The van der Waals surface area contributed by atoms with Crippen molar-refractivity contribution in [2.45, 2.75) is 20.8 Å².